The van der Waals surface area contributed by atoms with E-state index in [-0.39, 0.29) is 17.8 Å². The highest BCUT2D eigenvalue weighted by Crippen LogP contribution is 2.32. The lowest BCUT2D eigenvalue weighted by Crippen LogP contribution is -2.33. The smallest absolute Gasteiger partial charge is 0.342 e. The summed E-state index contributed by atoms with van der Waals surface area (Å²) in [6.45, 7) is 0.177. The zero-order valence-corrected chi connectivity index (χ0v) is 10.8. The lowest BCUT2D eigenvalue weighted by molar-refractivity contribution is -0.384. The highest BCUT2D eigenvalue weighted by molar-refractivity contribution is 5.95. The molecule has 7 heteroatoms. The minimum atomic E-state index is -1.35. The van der Waals surface area contributed by atoms with Crippen molar-refractivity contribution >= 4 is 17.3 Å². The van der Waals surface area contributed by atoms with Crippen molar-refractivity contribution in [1.82, 2.24) is 0 Å². The molecule has 0 saturated heterocycles. The first-order chi connectivity index (χ1) is 9.43. The molecule has 20 heavy (non-hydrogen) atoms. The Balaban J connectivity index is 2.25. The summed E-state index contributed by atoms with van der Waals surface area (Å²) in [5.41, 5.74) is -1.58. The minimum Gasteiger partial charge on any atom is -0.477 e. The lowest BCUT2D eigenvalue weighted by Gasteiger charge is -2.23. The van der Waals surface area contributed by atoms with Gasteiger partial charge >= 0.3 is 11.7 Å². The fraction of sp³-hybridized carbons (Fsp3) is 0.462. The van der Waals surface area contributed by atoms with Gasteiger partial charge in [-0.25, -0.2) is 4.79 Å². The Morgan fingerprint density at radius 1 is 1.40 bits per heavy atom. The Morgan fingerprint density at radius 3 is 2.60 bits per heavy atom. The molecule has 0 amide bonds. The minimum absolute atomic E-state index is 0.121. The van der Waals surface area contributed by atoms with E-state index in [2.05, 4.69) is 5.32 Å². The van der Waals surface area contributed by atoms with Crippen LogP contribution in [-0.2, 0) is 0 Å². The quantitative estimate of drug-likeness (QED) is 0.561. The predicted molar refractivity (Wildman–Crippen MR) is 72.0 cm³/mol. The third-order valence-electron chi connectivity index (χ3n) is 3.59. The molecule has 0 bridgehead atoms. The average molecular weight is 280 g/mol. The van der Waals surface area contributed by atoms with Gasteiger partial charge in [0.15, 0.2) is 0 Å². The van der Waals surface area contributed by atoms with E-state index in [4.69, 9.17) is 5.11 Å². The number of aromatic carboxylic acids is 1. The molecule has 1 saturated carbocycles. The third kappa shape index (κ3) is 2.88. The van der Waals surface area contributed by atoms with Crippen LogP contribution in [0.3, 0.4) is 0 Å². The molecule has 1 aliphatic carbocycles. The summed E-state index contributed by atoms with van der Waals surface area (Å²) < 4.78 is 0. The van der Waals surface area contributed by atoms with Crippen molar-refractivity contribution in [2.45, 2.75) is 31.3 Å². The fourth-order valence-electron chi connectivity index (χ4n) is 2.53. The van der Waals surface area contributed by atoms with Gasteiger partial charge in [-0.05, 0) is 25.0 Å². The van der Waals surface area contributed by atoms with E-state index >= 15 is 0 Å². The van der Waals surface area contributed by atoms with E-state index in [9.17, 15) is 20.0 Å². The molecule has 1 aromatic carbocycles. The van der Waals surface area contributed by atoms with E-state index in [0.29, 0.717) is 12.8 Å². The number of rotatable bonds is 5. The molecule has 0 heterocycles. The zero-order chi connectivity index (χ0) is 14.8. The van der Waals surface area contributed by atoms with Gasteiger partial charge in [-0.3, -0.25) is 10.1 Å². The monoisotopic (exact) mass is 280 g/mol. The van der Waals surface area contributed by atoms with Crippen molar-refractivity contribution in [3.63, 3.8) is 0 Å². The second-order valence-electron chi connectivity index (χ2n) is 5.05. The molecule has 2 rings (SSSR count). The Hall–Kier alpha value is -2.15. The van der Waals surface area contributed by atoms with Crippen molar-refractivity contribution < 1.29 is 19.9 Å². The third-order valence-corrected chi connectivity index (χ3v) is 3.59. The number of nitro groups is 1. The van der Waals surface area contributed by atoms with E-state index < -0.39 is 22.2 Å². The van der Waals surface area contributed by atoms with Crippen molar-refractivity contribution in [3.8, 4) is 0 Å². The Bertz CT molecular complexity index is 538. The SMILES string of the molecule is O=C(O)c1cccc(NCC2(O)CCCC2)c1[N+](=O)[O-]. The van der Waals surface area contributed by atoms with Crippen molar-refractivity contribution in [2.24, 2.45) is 0 Å². The number of hydrogen-bond acceptors (Lipinski definition) is 5. The molecule has 0 aromatic heterocycles. The summed E-state index contributed by atoms with van der Waals surface area (Å²) in [5.74, 6) is -1.35. The molecule has 3 N–H and O–H groups in total. The molecular formula is C13H16N2O5. The summed E-state index contributed by atoms with van der Waals surface area (Å²) in [6.07, 6.45) is 3.14. The van der Waals surface area contributed by atoms with Crippen molar-refractivity contribution in [2.75, 3.05) is 11.9 Å². The van der Waals surface area contributed by atoms with Gasteiger partial charge in [0.1, 0.15) is 11.3 Å². The van der Waals surface area contributed by atoms with Gasteiger partial charge in [0.25, 0.3) is 0 Å². The predicted octanol–water partition coefficient (Wildman–Crippen LogP) is 2.01. The molecule has 0 radical (unpaired) electrons. The highest BCUT2D eigenvalue weighted by atomic mass is 16.6. The molecule has 1 fully saturated rings. The number of benzene rings is 1. The van der Waals surface area contributed by atoms with Gasteiger partial charge in [0, 0.05) is 6.54 Å². The lowest BCUT2D eigenvalue weighted by atomic mass is 10.0. The van der Waals surface area contributed by atoms with Gasteiger partial charge in [0.05, 0.1) is 10.5 Å². The molecular weight excluding hydrogens is 264 g/mol. The van der Waals surface area contributed by atoms with E-state index in [0.717, 1.165) is 12.8 Å². The molecule has 1 aromatic rings. The molecule has 1 aliphatic rings. The maximum Gasteiger partial charge on any atom is 0.342 e. The summed E-state index contributed by atoms with van der Waals surface area (Å²) >= 11 is 0. The second kappa shape index (κ2) is 5.46. The molecule has 0 spiro atoms. The number of nitro benzene ring substituents is 1. The van der Waals surface area contributed by atoms with Crippen LogP contribution in [0.4, 0.5) is 11.4 Å². The number of anilines is 1. The van der Waals surface area contributed by atoms with Crippen LogP contribution in [0.2, 0.25) is 0 Å². The summed E-state index contributed by atoms with van der Waals surface area (Å²) in [6, 6.07) is 4.08. The Labute approximate surface area is 115 Å². The van der Waals surface area contributed by atoms with Crippen LogP contribution in [0.1, 0.15) is 36.0 Å². The number of carboxylic acids is 1. The van der Waals surface area contributed by atoms with Crippen LogP contribution in [0, 0.1) is 10.1 Å². The maximum absolute atomic E-state index is 11.1. The molecule has 108 valence electrons. The number of para-hydroxylation sites is 1. The second-order valence-corrected chi connectivity index (χ2v) is 5.05. The fourth-order valence-corrected chi connectivity index (χ4v) is 2.53. The van der Waals surface area contributed by atoms with Crippen molar-refractivity contribution in [3.05, 3.63) is 33.9 Å². The number of nitrogens with zero attached hydrogens (tertiary/aromatic N) is 1. The zero-order valence-electron chi connectivity index (χ0n) is 10.8. The van der Waals surface area contributed by atoms with Crippen LogP contribution in [0.25, 0.3) is 0 Å². The van der Waals surface area contributed by atoms with E-state index in [1.807, 2.05) is 0 Å². The average Bonchev–Trinajstić information content (AvgIpc) is 2.83. The number of nitrogens with one attached hydrogen (secondary N) is 1. The summed E-state index contributed by atoms with van der Waals surface area (Å²) in [7, 11) is 0. The van der Waals surface area contributed by atoms with E-state index in [1.54, 1.807) is 0 Å². The van der Waals surface area contributed by atoms with Gasteiger partial charge in [-0.1, -0.05) is 18.9 Å². The first-order valence-corrected chi connectivity index (χ1v) is 6.40. The highest BCUT2D eigenvalue weighted by Gasteiger charge is 2.32. The molecule has 0 unspecified atom stereocenters. The topological polar surface area (TPSA) is 113 Å². The van der Waals surface area contributed by atoms with E-state index in [1.165, 1.54) is 18.2 Å². The first-order valence-electron chi connectivity index (χ1n) is 6.40. The van der Waals surface area contributed by atoms with Crippen LogP contribution >= 0.6 is 0 Å². The van der Waals surface area contributed by atoms with Crippen LogP contribution in [0.5, 0.6) is 0 Å². The number of aliphatic hydroxyl groups is 1. The normalized spacial score (nSPS) is 16.9. The first kappa shape index (κ1) is 14.3. The van der Waals surface area contributed by atoms with Crippen LogP contribution in [-0.4, -0.2) is 33.3 Å². The molecule has 0 aliphatic heterocycles. The number of carboxylic acid groups (broad SMARTS) is 1. The summed E-state index contributed by atoms with van der Waals surface area (Å²) in [4.78, 5) is 21.4. The van der Waals surface area contributed by atoms with Crippen LogP contribution < -0.4 is 5.32 Å². The van der Waals surface area contributed by atoms with Gasteiger partial charge in [0.2, 0.25) is 0 Å². The van der Waals surface area contributed by atoms with Crippen LogP contribution in [0.15, 0.2) is 18.2 Å². The maximum atomic E-state index is 11.1. The number of hydrogen-bond donors (Lipinski definition) is 3. The van der Waals surface area contributed by atoms with Gasteiger partial charge in [-0.15, -0.1) is 0 Å². The number of carbonyl (C=O) groups is 1. The van der Waals surface area contributed by atoms with Gasteiger partial charge in [-0.2, -0.15) is 0 Å². The Morgan fingerprint density at radius 2 is 2.05 bits per heavy atom. The largest absolute Gasteiger partial charge is 0.477 e. The summed E-state index contributed by atoms with van der Waals surface area (Å²) in [5, 5.41) is 33.1. The standard InChI is InChI=1S/C13H16N2O5/c16-12(17)9-4-3-5-10(11(9)15(19)20)14-8-13(18)6-1-2-7-13/h3-5,14,18H,1-2,6-8H2,(H,16,17). The Kier molecular flexibility index (Phi) is 3.89. The van der Waals surface area contributed by atoms with Crippen molar-refractivity contribution in [1.29, 1.82) is 0 Å². The van der Waals surface area contributed by atoms with Gasteiger partial charge < -0.3 is 15.5 Å². The molecule has 7 nitrogen and oxygen atoms in total. The molecule has 0 atom stereocenters.